The first-order chi connectivity index (χ1) is 13.3. The molecule has 28 heavy (non-hydrogen) atoms. The third kappa shape index (κ3) is 2.33. The number of para-hydroxylation sites is 1. The van der Waals surface area contributed by atoms with Gasteiger partial charge in [0.15, 0.2) is 0 Å². The van der Waals surface area contributed by atoms with E-state index in [-0.39, 0.29) is 30.2 Å². The molecule has 0 radical (unpaired) electrons. The Morgan fingerprint density at radius 3 is 2.64 bits per heavy atom. The molecule has 8 heteroatoms. The van der Waals surface area contributed by atoms with Crippen molar-refractivity contribution < 1.29 is 19.2 Å². The van der Waals surface area contributed by atoms with Gasteiger partial charge in [0, 0.05) is 29.8 Å². The molecule has 3 aliphatic heterocycles. The van der Waals surface area contributed by atoms with Gasteiger partial charge in [-0.2, -0.15) is 0 Å². The Labute approximate surface area is 162 Å². The fraction of sp³-hybridized carbons (Fsp3) is 0.500. The minimum atomic E-state index is -1.31. The number of hydrogen-bond acceptors (Lipinski definition) is 5. The van der Waals surface area contributed by atoms with E-state index in [0.29, 0.717) is 24.1 Å². The van der Waals surface area contributed by atoms with Crippen molar-refractivity contribution in [3.63, 3.8) is 0 Å². The largest absolute Gasteiger partial charge is 0.370 e. The van der Waals surface area contributed by atoms with E-state index >= 15 is 0 Å². The number of carbonyl (C=O) groups is 4. The van der Waals surface area contributed by atoms with Crippen LogP contribution in [0.5, 0.6) is 0 Å². The molecule has 8 nitrogen and oxygen atoms in total. The Balaban J connectivity index is 1.83. The van der Waals surface area contributed by atoms with Gasteiger partial charge < -0.3 is 11.1 Å². The Kier molecular flexibility index (Phi) is 4.26. The van der Waals surface area contributed by atoms with Crippen LogP contribution in [0, 0.1) is 11.8 Å². The van der Waals surface area contributed by atoms with Crippen molar-refractivity contribution in [3.05, 3.63) is 29.8 Å². The lowest BCUT2D eigenvalue weighted by molar-refractivity contribution is -0.145. The Bertz CT molecular complexity index is 885. The number of anilines is 1. The van der Waals surface area contributed by atoms with Crippen LogP contribution in [0.25, 0.3) is 0 Å². The fourth-order valence-corrected chi connectivity index (χ4v) is 4.94. The molecule has 3 aliphatic rings. The number of fused-ring (bicyclic) bond motifs is 4. The van der Waals surface area contributed by atoms with Gasteiger partial charge in [0.2, 0.25) is 23.6 Å². The highest BCUT2D eigenvalue weighted by atomic mass is 16.2. The molecular weight excluding hydrogens is 360 g/mol. The van der Waals surface area contributed by atoms with Crippen LogP contribution in [0.1, 0.15) is 38.7 Å². The lowest BCUT2D eigenvalue weighted by atomic mass is 9.76. The van der Waals surface area contributed by atoms with Crippen LogP contribution in [-0.4, -0.2) is 40.6 Å². The number of benzene rings is 1. The molecule has 3 heterocycles. The second-order valence-corrected chi connectivity index (χ2v) is 7.87. The van der Waals surface area contributed by atoms with E-state index in [0.717, 1.165) is 0 Å². The third-order valence-corrected chi connectivity index (χ3v) is 6.39. The van der Waals surface area contributed by atoms with Crippen LogP contribution in [0.3, 0.4) is 0 Å². The van der Waals surface area contributed by atoms with Crippen molar-refractivity contribution >= 4 is 29.3 Å². The average molecular weight is 384 g/mol. The van der Waals surface area contributed by atoms with Crippen molar-refractivity contribution in [3.8, 4) is 0 Å². The number of hydrogen-bond donors (Lipinski definition) is 3. The molecule has 3 unspecified atom stereocenters. The highest BCUT2D eigenvalue weighted by Gasteiger charge is 2.70. The Hall–Kier alpha value is -2.74. The maximum Gasteiger partial charge on any atom is 0.250 e. The monoisotopic (exact) mass is 384 g/mol. The minimum absolute atomic E-state index is 0.0744. The number of primary amides is 1. The summed E-state index contributed by atoms with van der Waals surface area (Å²) in [6.45, 7) is 3.74. The molecule has 2 saturated heterocycles. The number of amides is 4. The normalized spacial score (nSPS) is 31.9. The van der Waals surface area contributed by atoms with Crippen molar-refractivity contribution in [2.24, 2.45) is 17.6 Å². The molecule has 5 atom stereocenters. The lowest BCUT2D eigenvalue weighted by Crippen LogP contribution is -2.54. The van der Waals surface area contributed by atoms with Crippen LogP contribution in [-0.2, 0) is 24.7 Å². The van der Waals surface area contributed by atoms with Gasteiger partial charge >= 0.3 is 0 Å². The zero-order chi connectivity index (χ0) is 20.2. The molecule has 1 aromatic rings. The van der Waals surface area contributed by atoms with Crippen molar-refractivity contribution in [2.75, 3.05) is 5.32 Å². The van der Waals surface area contributed by atoms with E-state index in [1.165, 1.54) is 4.90 Å². The van der Waals surface area contributed by atoms with Gasteiger partial charge in [-0.15, -0.1) is 0 Å². The summed E-state index contributed by atoms with van der Waals surface area (Å²) in [7, 11) is 0. The predicted molar refractivity (Wildman–Crippen MR) is 101 cm³/mol. The summed E-state index contributed by atoms with van der Waals surface area (Å²) in [5.74, 6) is -2.96. The zero-order valence-electron chi connectivity index (χ0n) is 15.9. The first-order valence-corrected chi connectivity index (χ1v) is 9.66. The molecule has 148 valence electrons. The van der Waals surface area contributed by atoms with Crippen LogP contribution < -0.4 is 16.4 Å². The fourth-order valence-electron chi connectivity index (χ4n) is 4.94. The average Bonchev–Trinajstić information content (AvgIpc) is 3.24. The van der Waals surface area contributed by atoms with Gasteiger partial charge in [0.05, 0.1) is 11.8 Å². The molecule has 4 N–H and O–H groups in total. The molecule has 4 rings (SSSR count). The first kappa shape index (κ1) is 18.6. The number of rotatable bonds is 5. The first-order valence-electron chi connectivity index (χ1n) is 9.66. The Morgan fingerprint density at radius 2 is 1.96 bits per heavy atom. The second-order valence-electron chi connectivity index (χ2n) is 7.87. The molecule has 2 fully saturated rings. The summed E-state index contributed by atoms with van der Waals surface area (Å²) in [5, 5.41) is 6.13. The summed E-state index contributed by atoms with van der Waals surface area (Å²) >= 11 is 0. The number of nitrogens with zero attached hydrogens (tertiary/aromatic N) is 1. The van der Waals surface area contributed by atoms with E-state index in [4.69, 9.17) is 5.73 Å². The number of carbonyl (C=O) groups excluding carboxylic acids is 4. The SMILES string of the molecule is CCC(C)N1C(=O)[C@@H]2C(CCC(N)=O)NC3(C(=O)Nc4ccccc43)[C@@H]2C1=O. The third-order valence-electron chi connectivity index (χ3n) is 6.39. The van der Waals surface area contributed by atoms with E-state index in [2.05, 4.69) is 10.6 Å². The standard InChI is InChI=1S/C20H24N4O4/c1-3-10(2)24-17(26)15-13(8-9-14(21)25)23-20(16(15)18(24)27)11-6-4-5-7-12(11)22-19(20)28/h4-7,10,13,15-16,23H,3,8-9H2,1-2H3,(H2,21,25)(H,22,28)/t10?,13?,15-,16+,20?/m1/s1. The zero-order valence-corrected chi connectivity index (χ0v) is 15.9. The van der Waals surface area contributed by atoms with Crippen LogP contribution >= 0.6 is 0 Å². The van der Waals surface area contributed by atoms with Crippen LogP contribution in [0.2, 0.25) is 0 Å². The van der Waals surface area contributed by atoms with Crippen LogP contribution in [0.4, 0.5) is 5.69 Å². The maximum atomic E-state index is 13.4. The lowest BCUT2D eigenvalue weighted by Gasteiger charge is -2.31. The molecule has 0 bridgehead atoms. The van der Waals surface area contributed by atoms with Crippen molar-refractivity contribution in [2.45, 2.75) is 50.7 Å². The van der Waals surface area contributed by atoms with Crippen molar-refractivity contribution in [1.82, 2.24) is 10.2 Å². The van der Waals surface area contributed by atoms with Crippen LogP contribution in [0.15, 0.2) is 24.3 Å². The topological polar surface area (TPSA) is 122 Å². The maximum absolute atomic E-state index is 13.4. The quantitative estimate of drug-likeness (QED) is 0.637. The number of likely N-dealkylation sites (tertiary alicyclic amines) is 1. The summed E-state index contributed by atoms with van der Waals surface area (Å²) in [6.07, 6.45) is 0.998. The molecular formula is C20H24N4O4. The summed E-state index contributed by atoms with van der Waals surface area (Å²) in [4.78, 5) is 52.4. The smallest absolute Gasteiger partial charge is 0.250 e. The predicted octanol–water partition coefficient (Wildman–Crippen LogP) is 0.471. The molecule has 0 aliphatic carbocycles. The Morgan fingerprint density at radius 1 is 1.25 bits per heavy atom. The molecule has 0 saturated carbocycles. The number of nitrogens with two attached hydrogens (primary N) is 1. The number of imide groups is 1. The summed E-state index contributed by atoms with van der Waals surface area (Å²) < 4.78 is 0. The van der Waals surface area contributed by atoms with E-state index in [9.17, 15) is 19.2 Å². The molecule has 1 aromatic carbocycles. The van der Waals surface area contributed by atoms with Gasteiger partial charge in [-0.05, 0) is 25.8 Å². The molecule has 0 aromatic heterocycles. The summed E-state index contributed by atoms with van der Waals surface area (Å²) in [6, 6.07) is 6.46. The van der Waals surface area contributed by atoms with E-state index in [1.54, 1.807) is 12.1 Å². The second kappa shape index (κ2) is 6.41. The minimum Gasteiger partial charge on any atom is -0.370 e. The van der Waals surface area contributed by atoms with Gasteiger partial charge in [0.1, 0.15) is 5.54 Å². The van der Waals surface area contributed by atoms with Crippen molar-refractivity contribution in [1.29, 1.82) is 0 Å². The van der Waals surface area contributed by atoms with Gasteiger partial charge in [-0.1, -0.05) is 25.1 Å². The number of nitrogens with one attached hydrogen (secondary N) is 2. The molecule has 1 spiro atoms. The van der Waals surface area contributed by atoms with E-state index < -0.39 is 29.3 Å². The van der Waals surface area contributed by atoms with Gasteiger partial charge in [-0.25, -0.2) is 0 Å². The highest BCUT2D eigenvalue weighted by Crippen LogP contribution is 2.53. The molecule has 4 amide bonds. The summed E-state index contributed by atoms with van der Waals surface area (Å²) in [5.41, 5.74) is 5.31. The van der Waals surface area contributed by atoms with Gasteiger partial charge in [-0.3, -0.25) is 29.4 Å². The van der Waals surface area contributed by atoms with E-state index in [1.807, 2.05) is 26.0 Å². The highest BCUT2D eigenvalue weighted by molar-refractivity contribution is 6.15. The van der Waals surface area contributed by atoms with Gasteiger partial charge in [0.25, 0.3) is 0 Å².